The normalized spacial score (nSPS) is 14.0. The first-order chi connectivity index (χ1) is 16.8. The highest BCUT2D eigenvalue weighted by atomic mass is 35.5. The molecule has 0 radical (unpaired) electrons. The highest BCUT2D eigenvalue weighted by Crippen LogP contribution is 2.29. The van der Waals surface area contributed by atoms with Gasteiger partial charge in [0.25, 0.3) is 5.91 Å². The first-order valence-electron chi connectivity index (χ1n) is 10.8. The maximum Gasteiger partial charge on any atom is 0.303 e. The van der Waals surface area contributed by atoms with Gasteiger partial charge in [-0.25, -0.2) is 4.98 Å². The Morgan fingerprint density at radius 2 is 1.94 bits per heavy atom. The average Bonchev–Trinajstić information content (AvgIpc) is 2.75. The van der Waals surface area contributed by atoms with Gasteiger partial charge in [0.05, 0.1) is 34.8 Å². The number of aromatic nitrogens is 2. The van der Waals surface area contributed by atoms with Crippen molar-refractivity contribution in [2.24, 2.45) is 16.5 Å². The Morgan fingerprint density at radius 1 is 1.20 bits per heavy atom. The third kappa shape index (κ3) is 6.45. The summed E-state index contributed by atoms with van der Waals surface area (Å²) in [5, 5.41) is 4.05. The second kappa shape index (κ2) is 11.0. The fourth-order valence-electron chi connectivity index (χ4n) is 3.26. The predicted molar refractivity (Wildman–Crippen MR) is 142 cm³/mol. The van der Waals surface area contributed by atoms with Gasteiger partial charge in [0, 0.05) is 22.7 Å². The van der Waals surface area contributed by atoms with Crippen LogP contribution in [-0.2, 0) is 0 Å². The van der Waals surface area contributed by atoms with Crippen LogP contribution in [0.25, 0.3) is 0 Å². The number of nitrogens with zero attached hydrogens (tertiary/aromatic N) is 3. The second-order valence-corrected chi connectivity index (χ2v) is 9.72. The van der Waals surface area contributed by atoms with Crippen molar-refractivity contribution < 1.29 is 9.78 Å². The molecule has 1 fully saturated rings. The third-order valence-electron chi connectivity index (χ3n) is 5.06. The summed E-state index contributed by atoms with van der Waals surface area (Å²) < 4.78 is 0. The summed E-state index contributed by atoms with van der Waals surface area (Å²) in [6.45, 7) is 3.68. The topological polar surface area (TPSA) is 124 Å². The van der Waals surface area contributed by atoms with Gasteiger partial charge in [-0.15, -0.1) is 0 Å². The number of H-pyrrole nitrogens is 1. The predicted octanol–water partition coefficient (Wildman–Crippen LogP) is 4.67. The van der Waals surface area contributed by atoms with Crippen molar-refractivity contribution in [2.45, 2.75) is 23.4 Å². The molecule has 1 saturated heterocycles. The number of hydrogen-bond acceptors (Lipinski definition) is 6. The molecule has 2 heterocycles. The van der Waals surface area contributed by atoms with Gasteiger partial charge in [-0.05, 0) is 61.2 Å². The lowest BCUT2D eigenvalue weighted by Gasteiger charge is -2.26. The molecule has 0 spiro atoms. The number of benzene rings is 2. The number of aliphatic imine (C=N–C) groups is 1. The molecule has 180 valence electrons. The fraction of sp³-hybridized carbons (Fsp3) is 0.167. The zero-order valence-electron chi connectivity index (χ0n) is 18.9. The van der Waals surface area contributed by atoms with Gasteiger partial charge < -0.3 is 16.8 Å². The van der Waals surface area contributed by atoms with E-state index in [1.54, 1.807) is 31.2 Å². The highest BCUT2D eigenvalue weighted by molar-refractivity contribution is 7.99. The Hall–Kier alpha value is -3.27. The number of rotatable bonds is 7. The van der Waals surface area contributed by atoms with E-state index in [0.29, 0.717) is 32.9 Å². The first kappa shape index (κ1) is 24.8. The molecular weight excluding hydrogens is 505 g/mol. The summed E-state index contributed by atoms with van der Waals surface area (Å²) in [5.74, 6) is 1.37. The van der Waals surface area contributed by atoms with E-state index in [0.717, 1.165) is 30.2 Å². The van der Waals surface area contributed by atoms with Crippen molar-refractivity contribution in [3.05, 3.63) is 75.9 Å². The number of carbonyl (C=O) groups is 1. The Kier molecular flexibility index (Phi) is 7.80. The zero-order chi connectivity index (χ0) is 24.9. The number of amides is 1. The largest absolute Gasteiger partial charge is 0.402 e. The van der Waals surface area contributed by atoms with E-state index >= 15 is 0 Å². The number of halogens is 2. The molecular formula is C24H24Cl2N7OS+. The maximum absolute atomic E-state index is 12.6. The zero-order valence-corrected chi connectivity index (χ0v) is 21.2. The minimum absolute atomic E-state index is 0.221. The number of hydrogen-bond donors (Lipinski definition) is 3. The summed E-state index contributed by atoms with van der Waals surface area (Å²) in [4.78, 5) is 28.1. The lowest BCUT2D eigenvalue weighted by Crippen LogP contribution is -2.41. The Balaban J connectivity index is 1.51. The number of anilines is 2. The van der Waals surface area contributed by atoms with Crippen LogP contribution in [0.5, 0.6) is 0 Å². The molecule has 0 atom stereocenters. The van der Waals surface area contributed by atoms with Gasteiger partial charge in [-0.1, -0.05) is 34.3 Å². The Labute approximate surface area is 217 Å². The Bertz CT molecular complexity index is 1300. The van der Waals surface area contributed by atoms with Crippen molar-refractivity contribution in [1.82, 2.24) is 4.98 Å². The van der Waals surface area contributed by atoms with Crippen LogP contribution in [0.15, 0.2) is 75.3 Å². The van der Waals surface area contributed by atoms with E-state index in [9.17, 15) is 4.79 Å². The van der Waals surface area contributed by atoms with Crippen molar-refractivity contribution in [3.8, 4) is 0 Å². The van der Waals surface area contributed by atoms with E-state index in [1.807, 2.05) is 30.3 Å². The number of amidine groups is 1. The number of nitrogens with one attached hydrogen (secondary N) is 2. The van der Waals surface area contributed by atoms with Gasteiger partial charge in [-0.2, -0.15) is 4.99 Å². The lowest BCUT2D eigenvalue weighted by molar-refractivity contribution is -0.420. The van der Waals surface area contributed by atoms with Crippen LogP contribution < -0.4 is 26.7 Å². The molecule has 3 aromatic rings. The number of carbonyl (C=O) groups excluding carboxylic acids is 1. The minimum atomic E-state index is -0.336. The van der Waals surface area contributed by atoms with E-state index in [4.69, 9.17) is 34.7 Å². The van der Waals surface area contributed by atoms with E-state index < -0.39 is 0 Å². The molecule has 4 rings (SSSR count). The molecule has 2 aromatic carbocycles. The number of aromatic amines is 1. The second-order valence-electron chi connectivity index (χ2n) is 7.88. The van der Waals surface area contributed by atoms with E-state index in [1.165, 1.54) is 11.8 Å². The fourth-order valence-corrected chi connectivity index (χ4v) is 4.44. The molecule has 35 heavy (non-hydrogen) atoms. The first-order valence-corrected chi connectivity index (χ1v) is 12.4. The van der Waals surface area contributed by atoms with E-state index in [2.05, 4.69) is 25.2 Å². The summed E-state index contributed by atoms with van der Waals surface area (Å²) in [5.41, 5.74) is 13.2. The molecule has 0 unspecified atom stereocenters. The molecule has 6 N–H and O–H groups in total. The van der Waals surface area contributed by atoms with Crippen molar-refractivity contribution >= 4 is 64.0 Å². The molecule has 1 aliphatic rings. The smallest absolute Gasteiger partial charge is 0.303 e. The molecule has 0 saturated carbocycles. The molecule has 1 aromatic heterocycles. The molecule has 0 bridgehead atoms. The molecule has 11 heteroatoms. The van der Waals surface area contributed by atoms with Crippen molar-refractivity contribution in [1.29, 1.82) is 0 Å². The molecule has 1 aliphatic heterocycles. The lowest BCUT2D eigenvalue weighted by atomic mass is 10.2. The van der Waals surface area contributed by atoms with Crippen LogP contribution in [0.3, 0.4) is 0 Å². The van der Waals surface area contributed by atoms with Crippen LogP contribution in [-0.4, -0.2) is 29.8 Å². The highest BCUT2D eigenvalue weighted by Gasteiger charge is 2.24. The van der Waals surface area contributed by atoms with Crippen LogP contribution in [0.2, 0.25) is 10.0 Å². The quantitative estimate of drug-likeness (QED) is 0.232. The van der Waals surface area contributed by atoms with E-state index in [-0.39, 0.29) is 16.8 Å². The summed E-state index contributed by atoms with van der Waals surface area (Å²) in [7, 11) is 0. The average molecular weight is 529 g/mol. The maximum atomic E-state index is 12.6. The SMILES string of the molecule is C/C(N)=C/C(N)=Nc1cc(N2CCC2)[nH+]c(Sc2ccc(NC(=O)c3cccc(Cl)c3Cl)cc2)n1. The van der Waals surface area contributed by atoms with Gasteiger partial charge in [0.15, 0.2) is 0 Å². The molecule has 1 amide bonds. The van der Waals surface area contributed by atoms with Gasteiger partial charge in [0.2, 0.25) is 11.6 Å². The summed E-state index contributed by atoms with van der Waals surface area (Å²) in [6.07, 6.45) is 2.74. The van der Waals surface area contributed by atoms with Crippen LogP contribution in [0.4, 0.5) is 17.3 Å². The Morgan fingerprint density at radius 3 is 2.60 bits per heavy atom. The van der Waals surface area contributed by atoms with Gasteiger partial charge in [-0.3, -0.25) is 9.69 Å². The standard InChI is InChI=1S/C24H23Cl2N7OS/c1-14(27)12-19(28)30-20-13-21(33-10-3-11-33)32-24(31-20)35-16-8-6-15(7-9-16)29-23(34)17-4-2-5-18(25)22(17)26/h2,4-9,12-13H,3,10-11,27H2,1H3,(H,29,34)(H2,28,30,31,32)/p+1/b14-12-. The van der Waals surface area contributed by atoms with Crippen LogP contribution in [0, 0.1) is 0 Å². The monoisotopic (exact) mass is 528 g/mol. The minimum Gasteiger partial charge on any atom is -0.402 e. The van der Waals surface area contributed by atoms with Crippen molar-refractivity contribution in [3.63, 3.8) is 0 Å². The molecule has 8 nitrogen and oxygen atoms in total. The van der Waals surface area contributed by atoms with Crippen LogP contribution in [0.1, 0.15) is 23.7 Å². The third-order valence-corrected chi connectivity index (χ3v) is 6.77. The van der Waals surface area contributed by atoms with Crippen LogP contribution >= 0.6 is 35.0 Å². The molecule has 0 aliphatic carbocycles. The summed E-state index contributed by atoms with van der Waals surface area (Å²) in [6, 6.07) is 14.2. The number of nitrogens with two attached hydrogens (primary N) is 2. The summed E-state index contributed by atoms with van der Waals surface area (Å²) >= 11 is 13.6. The van der Waals surface area contributed by atoms with Gasteiger partial charge >= 0.3 is 5.16 Å². The number of allylic oxidation sites excluding steroid dienone is 1. The van der Waals surface area contributed by atoms with Crippen molar-refractivity contribution in [2.75, 3.05) is 23.3 Å². The van der Waals surface area contributed by atoms with Gasteiger partial charge in [0.1, 0.15) is 5.84 Å².